The monoisotopic (exact) mass is 257 g/mol. The zero-order valence-corrected chi connectivity index (χ0v) is 11.0. The molecular weight excluding hydrogens is 246 g/mol. The first-order chi connectivity index (χ1) is 7.09. The predicted octanol–water partition coefficient (Wildman–Crippen LogP) is 2.92. The maximum absolute atomic E-state index is 12.1. The first-order valence-corrected chi connectivity index (χ1v) is 6.87. The van der Waals surface area contributed by atoms with Gasteiger partial charge in [-0.05, 0) is 26.0 Å². The summed E-state index contributed by atoms with van der Waals surface area (Å²) in [5.41, 5.74) is 0. The molecule has 1 saturated heterocycles. The summed E-state index contributed by atoms with van der Waals surface area (Å²) in [4.78, 5) is 15.8. The lowest BCUT2D eigenvalue weighted by Crippen LogP contribution is -2.36. The summed E-state index contributed by atoms with van der Waals surface area (Å²) < 4.78 is 0.707. The number of hydrogen-bond acceptors (Lipinski definition) is 4. The number of hydrogen-bond donors (Lipinski definition) is 0. The summed E-state index contributed by atoms with van der Waals surface area (Å²) in [5.74, 6) is 0.963. The summed E-state index contributed by atoms with van der Waals surface area (Å²) in [6.07, 6.45) is 0. The second kappa shape index (κ2) is 4.23. The lowest BCUT2D eigenvalue weighted by atomic mass is 10.3. The Balaban J connectivity index is 2.24. The standard InChI is InChI=1S/C10H11NOS3/c1-6-5-14-10(13)11(6)9(12)8-4-3-7(2)15-8/h3-4,6H,5H2,1-2H3. The summed E-state index contributed by atoms with van der Waals surface area (Å²) in [6.45, 7) is 4.03. The zero-order chi connectivity index (χ0) is 11.0. The summed E-state index contributed by atoms with van der Waals surface area (Å²) in [5, 5.41) is 0. The van der Waals surface area contributed by atoms with E-state index in [0.717, 1.165) is 15.5 Å². The van der Waals surface area contributed by atoms with E-state index >= 15 is 0 Å². The van der Waals surface area contributed by atoms with Crippen molar-refractivity contribution < 1.29 is 4.79 Å². The molecule has 0 spiro atoms. The van der Waals surface area contributed by atoms with Crippen LogP contribution in [0.3, 0.4) is 0 Å². The highest BCUT2D eigenvalue weighted by Gasteiger charge is 2.31. The average Bonchev–Trinajstić information content (AvgIpc) is 2.73. The van der Waals surface area contributed by atoms with E-state index in [2.05, 4.69) is 0 Å². The van der Waals surface area contributed by atoms with Crippen LogP contribution < -0.4 is 0 Å². The van der Waals surface area contributed by atoms with Gasteiger partial charge in [-0.3, -0.25) is 9.69 Å². The molecule has 1 fully saturated rings. The number of amides is 1. The van der Waals surface area contributed by atoms with Gasteiger partial charge >= 0.3 is 0 Å². The molecule has 0 saturated carbocycles. The molecule has 1 aromatic rings. The maximum Gasteiger partial charge on any atom is 0.269 e. The number of thiocarbonyl (C=S) groups is 1. The molecule has 5 heteroatoms. The van der Waals surface area contributed by atoms with Crippen molar-refractivity contribution >= 4 is 45.5 Å². The number of carbonyl (C=O) groups excluding carboxylic acids is 1. The van der Waals surface area contributed by atoms with Crippen molar-refractivity contribution in [3.8, 4) is 0 Å². The van der Waals surface area contributed by atoms with E-state index in [-0.39, 0.29) is 11.9 Å². The molecule has 2 rings (SSSR count). The van der Waals surface area contributed by atoms with Gasteiger partial charge < -0.3 is 0 Å². The number of rotatable bonds is 1. The van der Waals surface area contributed by atoms with Crippen molar-refractivity contribution in [2.45, 2.75) is 19.9 Å². The molecule has 1 atom stereocenters. The highest BCUT2D eigenvalue weighted by Crippen LogP contribution is 2.27. The number of aryl methyl sites for hydroxylation is 1. The van der Waals surface area contributed by atoms with Crippen LogP contribution in [0.5, 0.6) is 0 Å². The van der Waals surface area contributed by atoms with Gasteiger partial charge in [0.05, 0.1) is 4.88 Å². The normalized spacial score (nSPS) is 21.1. The molecule has 1 aromatic heterocycles. The lowest BCUT2D eigenvalue weighted by Gasteiger charge is -2.19. The Morgan fingerprint density at radius 1 is 1.60 bits per heavy atom. The lowest BCUT2D eigenvalue weighted by molar-refractivity contribution is 0.0836. The first-order valence-electron chi connectivity index (χ1n) is 4.66. The highest BCUT2D eigenvalue weighted by atomic mass is 32.2. The minimum absolute atomic E-state index is 0.0515. The summed E-state index contributed by atoms with van der Waals surface area (Å²) in [7, 11) is 0. The Hall–Kier alpha value is -0.390. The van der Waals surface area contributed by atoms with Crippen LogP contribution in [0, 0.1) is 6.92 Å². The van der Waals surface area contributed by atoms with Crippen LogP contribution in [0.15, 0.2) is 12.1 Å². The molecule has 0 aromatic carbocycles. The van der Waals surface area contributed by atoms with Gasteiger partial charge in [0.1, 0.15) is 4.32 Å². The quantitative estimate of drug-likeness (QED) is 0.722. The third-order valence-corrected chi connectivity index (χ3v) is 4.89. The summed E-state index contributed by atoms with van der Waals surface area (Å²) >= 11 is 8.28. The third-order valence-electron chi connectivity index (χ3n) is 2.26. The Labute approximate surface area is 103 Å². The molecule has 0 N–H and O–H groups in total. The van der Waals surface area contributed by atoms with Crippen molar-refractivity contribution in [1.29, 1.82) is 0 Å². The van der Waals surface area contributed by atoms with Crippen molar-refractivity contribution in [3.05, 3.63) is 21.9 Å². The molecule has 15 heavy (non-hydrogen) atoms. The smallest absolute Gasteiger partial charge is 0.269 e. The molecule has 1 amide bonds. The predicted molar refractivity (Wildman–Crippen MR) is 69.7 cm³/mol. The van der Waals surface area contributed by atoms with Crippen molar-refractivity contribution in [1.82, 2.24) is 4.90 Å². The Kier molecular flexibility index (Phi) is 3.13. The Bertz CT molecular complexity index is 413. The first kappa shape index (κ1) is 11.1. The Morgan fingerprint density at radius 3 is 2.80 bits per heavy atom. The van der Waals surface area contributed by atoms with E-state index < -0.39 is 0 Å². The van der Waals surface area contributed by atoms with Crippen LogP contribution >= 0.6 is 35.3 Å². The highest BCUT2D eigenvalue weighted by molar-refractivity contribution is 8.23. The fourth-order valence-corrected chi connectivity index (χ4v) is 3.67. The molecule has 0 bridgehead atoms. The fourth-order valence-electron chi connectivity index (χ4n) is 1.47. The molecule has 0 aliphatic carbocycles. The van der Waals surface area contributed by atoms with E-state index in [1.54, 1.807) is 16.7 Å². The van der Waals surface area contributed by atoms with Crippen LogP contribution in [0.1, 0.15) is 21.5 Å². The van der Waals surface area contributed by atoms with Crippen LogP contribution in [0.2, 0.25) is 0 Å². The van der Waals surface area contributed by atoms with Gasteiger partial charge in [-0.25, -0.2) is 0 Å². The zero-order valence-electron chi connectivity index (χ0n) is 8.52. The second-order valence-corrected chi connectivity index (χ2v) is 6.45. The fraction of sp³-hybridized carbons (Fsp3) is 0.400. The van der Waals surface area contributed by atoms with Gasteiger partial charge in [0.15, 0.2) is 0 Å². The number of nitrogens with zero attached hydrogens (tertiary/aromatic N) is 1. The molecule has 1 aliphatic rings. The van der Waals surface area contributed by atoms with Gasteiger partial charge in [-0.1, -0.05) is 24.0 Å². The van der Waals surface area contributed by atoms with Crippen LogP contribution in [-0.2, 0) is 0 Å². The van der Waals surface area contributed by atoms with Gasteiger partial charge in [0.2, 0.25) is 0 Å². The molecule has 0 radical (unpaired) electrons. The third kappa shape index (κ3) is 2.09. The van der Waals surface area contributed by atoms with Crippen LogP contribution in [0.4, 0.5) is 0 Å². The molecule has 1 aliphatic heterocycles. The molecule has 1 unspecified atom stereocenters. The minimum Gasteiger partial charge on any atom is -0.289 e. The van der Waals surface area contributed by atoms with Crippen molar-refractivity contribution in [3.63, 3.8) is 0 Å². The number of thiophene rings is 1. The molecular formula is C10H11NOS3. The molecule has 80 valence electrons. The van der Waals surface area contributed by atoms with Gasteiger partial charge in [0.25, 0.3) is 5.91 Å². The van der Waals surface area contributed by atoms with Crippen LogP contribution in [-0.4, -0.2) is 26.9 Å². The topological polar surface area (TPSA) is 20.3 Å². The molecule has 2 heterocycles. The van der Waals surface area contributed by atoms with E-state index in [1.165, 1.54) is 11.3 Å². The van der Waals surface area contributed by atoms with E-state index in [4.69, 9.17) is 12.2 Å². The number of thioether (sulfide) groups is 1. The average molecular weight is 257 g/mol. The summed E-state index contributed by atoms with van der Waals surface area (Å²) in [6, 6.07) is 4.06. The van der Waals surface area contributed by atoms with E-state index in [9.17, 15) is 4.79 Å². The van der Waals surface area contributed by atoms with Gasteiger partial charge in [-0.2, -0.15) is 0 Å². The van der Waals surface area contributed by atoms with E-state index in [0.29, 0.717) is 4.32 Å². The second-order valence-electron chi connectivity index (χ2n) is 3.51. The van der Waals surface area contributed by atoms with Crippen molar-refractivity contribution in [2.75, 3.05) is 5.75 Å². The van der Waals surface area contributed by atoms with Gasteiger partial charge in [-0.15, -0.1) is 11.3 Å². The minimum atomic E-state index is 0.0515. The molecule has 2 nitrogen and oxygen atoms in total. The van der Waals surface area contributed by atoms with Crippen LogP contribution in [0.25, 0.3) is 0 Å². The van der Waals surface area contributed by atoms with Crippen molar-refractivity contribution in [2.24, 2.45) is 0 Å². The largest absolute Gasteiger partial charge is 0.289 e. The SMILES string of the molecule is Cc1ccc(C(=O)N2C(=S)SCC2C)s1. The van der Waals surface area contributed by atoms with Gasteiger partial charge in [0, 0.05) is 16.7 Å². The van der Waals surface area contributed by atoms with E-state index in [1.807, 2.05) is 26.0 Å². The maximum atomic E-state index is 12.1. The Morgan fingerprint density at radius 2 is 2.33 bits per heavy atom. The number of carbonyl (C=O) groups is 1.